The lowest BCUT2D eigenvalue weighted by Crippen LogP contribution is -2.23. The first-order valence-electron chi connectivity index (χ1n) is 8.16. The second kappa shape index (κ2) is 5.66. The van der Waals surface area contributed by atoms with E-state index in [9.17, 15) is 0 Å². The Morgan fingerprint density at radius 2 is 1.79 bits per heavy atom. The molecule has 1 nitrogen and oxygen atoms in total. The van der Waals surface area contributed by atoms with Gasteiger partial charge < -0.3 is 5.32 Å². The topological polar surface area (TPSA) is 12.0 Å². The lowest BCUT2D eigenvalue weighted by Gasteiger charge is -2.24. The summed E-state index contributed by atoms with van der Waals surface area (Å²) in [4.78, 5) is 0. The highest BCUT2D eigenvalue weighted by Crippen LogP contribution is 2.35. The predicted molar refractivity (Wildman–Crippen MR) is 81.6 cm³/mol. The fourth-order valence-electron chi connectivity index (χ4n) is 3.89. The van der Waals surface area contributed by atoms with Crippen LogP contribution in [-0.4, -0.2) is 6.54 Å². The predicted octanol–water partition coefficient (Wildman–Crippen LogP) is 4.19. The lowest BCUT2D eigenvalue weighted by molar-refractivity contribution is 0.414. The van der Waals surface area contributed by atoms with Gasteiger partial charge in [-0.3, -0.25) is 0 Å². The average Bonchev–Trinajstić information content (AvgIpc) is 2.57. The molecule has 0 amide bonds. The van der Waals surface area contributed by atoms with E-state index in [1.54, 1.807) is 22.3 Å². The largest absolute Gasteiger partial charge is 0.310 e. The zero-order valence-corrected chi connectivity index (χ0v) is 12.5. The minimum Gasteiger partial charge on any atom is -0.310 e. The van der Waals surface area contributed by atoms with Gasteiger partial charge in [-0.1, -0.05) is 26.0 Å². The third-order valence-corrected chi connectivity index (χ3v) is 4.97. The van der Waals surface area contributed by atoms with E-state index in [1.807, 2.05) is 0 Å². The maximum atomic E-state index is 3.72. The molecule has 0 radical (unpaired) electrons. The minimum atomic E-state index is 0.588. The fourth-order valence-corrected chi connectivity index (χ4v) is 3.89. The van der Waals surface area contributed by atoms with Gasteiger partial charge >= 0.3 is 0 Å². The second-order valence-electron chi connectivity index (χ2n) is 6.52. The molecule has 19 heavy (non-hydrogen) atoms. The van der Waals surface area contributed by atoms with Crippen LogP contribution in [0.4, 0.5) is 0 Å². The van der Waals surface area contributed by atoms with E-state index in [-0.39, 0.29) is 0 Å². The van der Waals surface area contributed by atoms with Crippen LogP contribution in [0.15, 0.2) is 12.1 Å². The molecule has 0 saturated heterocycles. The Morgan fingerprint density at radius 3 is 2.53 bits per heavy atom. The molecule has 2 aliphatic rings. The van der Waals surface area contributed by atoms with Gasteiger partial charge in [-0.2, -0.15) is 0 Å². The zero-order valence-electron chi connectivity index (χ0n) is 12.5. The number of benzene rings is 1. The molecule has 2 unspecified atom stereocenters. The molecule has 2 aliphatic carbocycles. The highest BCUT2D eigenvalue weighted by atomic mass is 14.9. The van der Waals surface area contributed by atoms with Gasteiger partial charge in [-0.05, 0) is 79.7 Å². The molecule has 0 bridgehead atoms. The SMILES string of the molecule is CCNC1CC(C)CCc2cc3c(cc21)CCCC3. The van der Waals surface area contributed by atoms with Crippen LogP contribution in [0.3, 0.4) is 0 Å². The van der Waals surface area contributed by atoms with Crippen molar-refractivity contribution in [2.45, 2.75) is 64.8 Å². The van der Waals surface area contributed by atoms with Crippen molar-refractivity contribution in [1.29, 1.82) is 0 Å². The maximum absolute atomic E-state index is 3.72. The number of aryl methyl sites for hydroxylation is 3. The summed E-state index contributed by atoms with van der Waals surface area (Å²) < 4.78 is 0. The standard InChI is InChI=1S/C18H27N/c1-3-19-18-10-13(2)8-9-16-11-14-6-4-5-7-15(14)12-17(16)18/h11-13,18-19H,3-10H2,1-2H3. The van der Waals surface area contributed by atoms with E-state index in [0.29, 0.717) is 6.04 Å². The summed E-state index contributed by atoms with van der Waals surface area (Å²) >= 11 is 0. The van der Waals surface area contributed by atoms with Crippen molar-refractivity contribution in [3.05, 3.63) is 34.4 Å². The Balaban J connectivity index is 1.99. The fraction of sp³-hybridized carbons (Fsp3) is 0.667. The van der Waals surface area contributed by atoms with Crippen molar-refractivity contribution in [3.8, 4) is 0 Å². The van der Waals surface area contributed by atoms with Crippen LogP contribution < -0.4 is 5.32 Å². The number of fused-ring (bicyclic) bond motifs is 2. The van der Waals surface area contributed by atoms with Crippen LogP contribution >= 0.6 is 0 Å². The Bertz CT molecular complexity index is 449. The number of hydrogen-bond acceptors (Lipinski definition) is 1. The summed E-state index contributed by atoms with van der Waals surface area (Å²) in [6, 6.07) is 5.69. The van der Waals surface area contributed by atoms with Crippen molar-refractivity contribution in [1.82, 2.24) is 5.32 Å². The van der Waals surface area contributed by atoms with E-state index in [2.05, 4.69) is 31.3 Å². The van der Waals surface area contributed by atoms with Gasteiger partial charge in [0.1, 0.15) is 0 Å². The molecule has 1 N–H and O–H groups in total. The molecule has 1 heteroatoms. The maximum Gasteiger partial charge on any atom is 0.0325 e. The van der Waals surface area contributed by atoms with Crippen molar-refractivity contribution in [2.75, 3.05) is 6.54 Å². The quantitative estimate of drug-likeness (QED) is 0.783. The Labute approximate surface area is 117 Å². The molecule has 0 spiro atoms. The molecular weight excluding hydrogens is 230 g/mol. The Kier molecular flexibility index (Phi) is 3.93. The van der Waals surface area contributed by atoms with Gasteiger partial charge in [0.15, 0.2) is 0 Å². The van der Waals surface area contributed by atoms with Gasteiger partial charge in [0.2, 0.25) is 0 Å². The van der Waals surface area contributed by atoms with Gasteiger partial charge in [0.05, 0.1) is 0 Å². The normalized spacial score (nSPS) is 26.4. The monoisotopic (exact) mass is 257 g/mol. The first-order valence-corrected chi connectivity index (χ1v) is 8.16. The van der Waals surface area contributed by atoms with E-state index in [1.165, 1.54) is 44.9 Å². The van der Waals surface area contributed by atoms with Crippen LogP contribution in [0.2, 0.25) is 0 Å². The molecule has 1 aromatic rings. The van der Waals surface area contributed by atoms with Gasteiger partial charge in [0.25, 0.3) is 0 Å². The van der Waals surface area contributed by atoms with Crippen LogP contribution in [0.25, 0.3) is 0 Å². The van der Waals surface area contributed by atoms with Crippen LogP contribution in [0.5, 0.6) is 0 Å². The summed E-state index contributed by atoms with van der Waals surface area (Å²) in [6.07, 6.45) is 9.33. The number of hydrogen-bond donors (Lipinski definition) is 1. The van der Waals surface area contributed by atoms with E-state index < -0.39 is 0 Å². The average molecular weight is 257 g/mol. The summed E-state index contributed by atoms with van der Waals surface area (Å²) in [7, 11) is 0. The molecule has 3 rings (SSSR count). The van der Waals surface area contributed by atoms with Crippen molar-refractivity contribution >= 4 is 0 Å². The second-order valence-corrected chi connectivity index (χ2v) is 6.52. The van der Waals surface area contributed by atoms with Gasteiger partial charge in [0, 0.05) is 6.04 Å². The third kappa shape index (κ3) is 2.72. The highest BCUT2D eigenvalue weighted by Gasteiger charge is 2.23. The van der Waals surface area contributed by atoms with Crippen LogP contribution in [-0.2, 0) is 19.3 Å². The summed E-state index contributed by atoms with van der Waals surface area (Å²) in [5.41, 5.74) is 6.54. The van der Waals surface area contributed by atoms with Crippen molar-refractivity contribution in [3.63, 3.8) is 0 Å². The lowest BCUT2D eigenvalue weighted by atomic mass is 9.86. The molecule has 0 aliphatic heterocycles. The van der Waals surface area contributed by atoms with Crippen molar-refractivity contribution in [2.24, 2.45) is 5.92 Å². The molecule has 1 aromatic carbocycles. The third-order valence-electron chi connectivity index (χ3n) is 4.97. The van der Waals surface area contributed by atoms with E-state index >= 15 is 0 Å². The van der Waals surface area contributed by atoms with E-state index in [0.717, 1.165) is 12.5 Å². The minimum absolute atomic E-state index is 0.588. The molecule has 0 heterocycles. The first kappa shape index (κ1) is 13.2. The van der Waals surface area contributed by atoms with Gasteiger partial charge in [-0.25, -0.2) is 0 Å². The highest BCUT2D eigenvalue weighted by molar-refractivity contribution is 5.42. The molecule has 0 fully saturated rings. The first-order chi connectivity index (χ1) is 9.28. The Hall–Kier alpha value is -0.820. The molecule has 0 aromatic heterocycles. The van der Waals surface area contributed by atoms with Gasteiger partial charge in [-0.15, -0.1) is 0 Å². The zero-order chi connectivity index (χ0) is 13.2. The van der Waals surface area contributed by atoms with E-state index in [4.69, 9.17) is 0 Å². The summed E-state index contributed by atoms with van der Waals surface area (Å²) in [5, 5.41) is 3.72. The number of nitrogens with one attached hydrogen (secondary N) is 1. The van der Waals surface area contributed by atoms with Crippen LogP contribution in [0.1, 0.15) is 67.8 Å². The molecular formula is C18H27N. The molecule has 104 valence electrons. The van der Waals surface area contributed by atoms with Crippen molar-refractivity contribution < 1.29 is 0 Å². The number of rotatable bonds is 2. The molecule has 2 atom stereocenters. The Morgan fingerprint density at radius 1 is 1.05 bits per heavy atom. The molecule has 0 saturated carbocycles. The summed E-state index contributed by atoms with van der Waals surface area (Å²) in [6.45, 7) is 5.72. The van der Waals surface area contributed by atoms with Crippen LogP contribution in [0, 0.1) is 5.92 Å². The smallest absolute Gasteiger partial charge is 0.0325 e. The summed E-state index contributed by atoms with van der Waals surface area (Å²) in [5.74, 6) is 0.841.